The summed E-state index contributed by atoms with van der Waals surface area (Å²) in [7, 11) is 0. The highest BCUT2D eigenvalue weighted by Crippen LogP contribution is 2.23. The van der Waals surface area contributed by atoms with E-state index in [4.69, 9.17) is 4.74 Å². The fourth-order valence-corrected chi connectivity index (χ4v) is 2.49. The van der Waals surface area contributed by atoms with Gasteiger partial charge in [0.1, 0.15) is 0 Å². The van der Waals surface area contributed by atoms with Gasteiger partial charge in [0.15, 0.2) is 0 Å². The lowest BCUT2D eigenvalue weighted by atomic mass is 10.2. The second-order valence-electron chi connectivity index (χ2n) is 3.26. The van der Waals surface area contributed by atoms with E-state index in [0.29, 0.717) is 6.04 Å². The van der Waals surface area contributed by atoms with Crippen molar-refractivity contribution in [1.29, 1.82) is 0 Å². The molecule has 1 aromatic heterocycles. The quantitative estimate of drug-likeness (QED) is 0.741. The molecule has 72 valence electrons. The summed E-state index contributed by atoms with van der Waals surface area (Å²) in [5, 5.41) is 4.55. The van der Waals surface area contributed by atoms with E-state index in [1.807, 2.05) is 6.92 Å². The monoisotopic (exact) mass is 198 g/mol. The van der Waals surface area contributed by atoms with Crippen molar-refractivity contribution in [3.63, 3.8) is 0 Å². The lowest BCUT2D eigenvalue weighted by molar-refractivity contribution is 0.0756. The Bertz CT molecular complexity index is 292. The van der Waals surface area contributed by atoms with Gasteiger partial charge in [0.05, 0.1) is 30.0 Å². The third-order valence-corrected chi connectivity index (χ3v) is 3.09. The SMILES string of the molecule is Cc1nc(C2COCCN2)c(C)s1. The molecule has 2 heterocycles. The van der Waals surface area contributed by atoms with Crippen LogP contribution in [0.15, 0.2) is 0 Å². The number of thiazole rings is 1. The Kier molecular flexibility index (Phi) is 2.62. The van der Waals surface area contributed by atoms with Crippen LogP contribution in [-0.4, -0.2) is 24.7 Å². The summed E-state index contributed by atoms with van der Waals surface area (Å²) in [5.41, 5.74) is 1.17. The minimum Gasteiger partial charge on any atom is -0.378 e. The summed E-state index contributed by atoms with van der Waals surface area (Å²) in [4.78, 5) is 5.82. The molecule has 1 N–H and O–H groups in total. The van der Waals surface area contributed by atoms with Crippen molar-refractivity contribution >= 4 is 11.3 Å². The smallest absolute Gasteiger partial charge is 0.0900 e. The normalized spacial score (nSPS) is 23.4. The van der Waals surface area contributed by atoms with Crippen molar-refractivity contribution in [2.24, 2.45) is 0 Å². The Morgan fingerprint density at radius 1 is 1.54 bits per heavy atom. The van der Waals surface area contributed by atoms with Gasteiger partial charge in [-0.25, -0.2) is 4.98 Å². The number of morpholine rings is 1. The molecule has 0 amide bonds. The highest BCUT2D eigenvalue weighted by molar-refractivity contribution is 7.11. The fourth-order valence-electron chi connectivity index (χ4n) is 1.61. The zero-order valence-electron chi connectivity index (χ0n) is 7.96. The van der Waals surface area contributed by atoms with E-state index in [1.165, 1.54) is 10.6 Å². The van der Waals surface area contributed by atoms with Gasteiger partial charge in [0, 0.05) is 11.4 Å². The van der Waals surface area contributed by atoms with Crippen molar-refractivity contribution in [3.05, 3.63) is 15.6 Å². The number of ether oxygens (including phenoxy) is 1. The molecule has 1 atom stereocenters. The van der Waals surface area contributed by atoms with Crippen molar-refractivity contribution in [3.8, 4) is 0 Å². The van der Waals surface area contributed by atoms with Crippen LogP contribution in [0.1, 0.15) is 21.6 Å². The van der Waals surface area contributed by atoms with E-state index < -0.39 is 0 Å². The van der Waals surface area contributed by atoms with E-state index in [2.05, 4.69) is 17.2 Å². The van der Waals surface area contributed by atoms with E-state index in [0.717, 1.165) is 24.8 Å². The number of nitrogens with one attached hydrogen (secondary N) is 1. The maximum atomic E-state index is 5.40. The van der Waals surface area contributed by atoms with Crippen LogP contribution in [0.25, 0.3) is 0 Å². The highest BCUT2D eigenvalue weighted by Gasteiger charge is 2.19. The lowest BCUT2D eigenvalue weighted by Gasteiger charge is -2.22. The molecule has 1 aliphatic heterocycles. The van der Waals surface area contributed by atoms with Crippen LogP contribution in [0, 0.1) is 13.8 Å². The van der Waals surface area contributed by atoms with Gasteiger partial charge in [0.2, 0.25) is 0 Å². The Labute approximate surface area is 82.1 Å². The molecule has 0 aromatic carbocycles. The number of hydrogen-bond acceptors (Lipinski definition) is 4. The second kappa shape index (κ2) is 3.74. The minimum absolute atomic E-state index is 0.304. The van der Waals surface area contributed by atoms with Gasteiger partial charge < -0.3 is 10.1 Å². The molecule has 0 bridgehead atoms. The van der Waals surface area contributed by atoms with Gasteiger partial charge in [-0.15, -0.1) is 11.3 Å². The van der Waals surface area contributed by atoms with Crippen LogP contribution < -0.4 is 5.32 Å². The van der Waals surface area contributed by atoms with Gasteiger partial charge >= 0.3 is 0 Å². The molecule has 0 spiro atoms. The predicted molar refractivity (Wildman–Crippen MR) is 53.2 cm³/mol. The molecular formula is C9H14N2OS. The van der Waals surface area contributed by atoms with Crippen molar-refractivity contribution in [2.45, 2.75) is 19.9 Å². The molecule has 0 radical (unpaired) electrons. The van der Waals surface area contributed by atoms with Gasteiger partial charge in [-0.05, 0) is 13.8 Å². The largest absolute Gasteiger partial charge is 0.378 e. The van der Waals surface area contributed by atoms with Crippen molar-refractivity contribution in [1.82, 2.24) is 10.3 Å². The summed E-state index contributed by atoms with van der Waals surface area (Å²) >= 11 is 1.76. The average molecular weight is 198 g/mol. The summed E-state index contributed by atoms with van der Waals surface area (Å²) < 4.78 is 5.40. The van der Waals surface area contributed by atoms with Crippen molar-refractivity contribution in [2.75, 3.05) is 19.8 Å². The second-order valence-corrected chi connectivity index (χ2v) is 4.66. The summed E-state index contributed by atoms with van der Waals surface area (Å²) in [6.45, 7) is 6.67. The maximum Gasteiger partial charge on any atom is 0.0900 e. The van der Waals surface area contributed by atoms with Crippen LogP contribution in [0.2, 0.25) is 0 Å². The van der Waals surface area contributed by atoms with Crippen LogP contribution in [-0.2, 0) is 4.74 Å². The minimum atomic E-state index is 0.304. The molecule has 0 aliphatic carbocycles. The molecule has 3 nitrogen and oxygen atoms in total. The lowest BCUT2D eigenvalue weighted by Crippen LogP contribution is -2.35. The average Bonchev–Trinajstić information content (AvgIpc) is 2.47. The van der Waals surface area contributed by atoms with E-state index in [9.17, 15) is 0 Å². The highest BCUT2D eigenvalue weighted by atomic mass is 32.1. The van der Waals surface area contributed by atoms with Crippen LogP contribution in [0.4, 0.5) is 0 Å². The zero-order valence-corrected chi connectivity index (χ0v) is 8.78. The molecule has 13 heavy (non-hydrogen) atoms. The molecule has 1 saturated heterocycles. The molecule has 1 unspecified atom stereocenters. The van der Waals surface area contributed by atoms with Gasteiger partial charge in [-0.3, -0.25) is 0 Å². The first-order chi connectivity index (χ1) is 6.27. The van der Waals surface area contributed by atoms with Crippen LogP contribution in [0.3, 0.4) is 0 Å². The van der Waals surface area contributed by atoms with Gasteiger partial charge in [-0.2, -0.15) is 0 Å². The van der Waals surface area contributed by atoms with Crippen LogP contribution in [0.5, 0.6) is 0 Å². The Balaban J connectivity index is 2.18. The summed E-state index contributed by atoms with van der Waals surface area (Å²) in [5.74, 6) is 0. The van der Waals surface area contributed by atoms with E-state index in [1.54, 1.807) is 11.3 Å². The molecular weight excluding hydrogens is 184 g/mol. The number of hydrogen-bond donors (Lipinski definition) is 1. The van der Waals surface area contributed by atoms with Gasteiger partial charge in [0.25, 0.3) is 0 Å². The third-order valence-electron chi connectivity index (χ3n) is 2.19. The zero-order chi connectivity index (χ0) is 9.26. The summed E-state index contributed by atoms with van der Waals surface area (Å²) in [6.07, 6.45) is 0. The summed E-state index contributed by atoms with van der Waals surface area (Å²) in [6, 6.07) is 0.304. The fraction of sp³-hybridized carbons (Fsp3) is 0.667. The number of nitrogens with zero attached hydrogens (tertiary/aromatic N) is 1. The van der Waals surface area contributed by atoms with Crippen LogP contribution >= 0.6 is 11.3 Å². The Hall–Kier alpha value is -0.450. The molecule has 2 rings (SSSR count). The number of rotatable bonds is 1. The van der Waals surface area contributed by atoms with E-state index in [-0.39, 0.29) is 0 Å². The third kappa shape index (κ3) is 1.90. The predicted octanol–water partition coefficient (Wildman–Crippen LogP) is 1.42. The molecule has 4 heteroatoms. The maximum absolute atomic E-state index is 5.40. The molecule has 1 fully saturated rings. The molecule has 1 aromatic rings. The van der Waals surface area contributed by atoms with Gasteiger partial charge in [-0.1, -0.05) is 0 Å². The molecule has 1 aliphatic rings. The Morgan fingerprint density at radius 2 is 2.38 bits per heavy atom. The topological polar surface area (TPSA) is 34.1 Å². The number of aromatic nitrogens is 1. The van der Waals surface area contributed by atoms with E-state index >= 15 is 0 Å². The molecule has 0 saturated carbocycles. The first kappa shape index (κ1) is 9.12. The Morgan fingerprint density at radius 3 is 2.92 bits per heavy atom. The van der Waals surface area contributed by atoms with Crippen molar-refractivity contribution < 1.29 is 4.74 Å². The first-order valence-electron chi connectivity index (χ1n) is 4.52. The standard InChI is InChI=1S/C9H14N2OS/c1-6-9(11-7(2)13-6)8-5-12-4-3-10-8/h8,10H,3-5H2,1-2H3. The first-order valence-corrected chi connectivity index (χ1v) is 5.34. The number of aryl methyl sites for hydroxylation is 2.